The second kappa shape index (κ2) is 9.33. The first-order valence-corrected chi connectivity index (χ1v) is 9.64. The highest BCUT2D eigenvalue weighted by Crippen LogP contribution is 2.21. The molecule has 0 aliphatic rings. The van der Waals surface area contributed by atoms with E-state index in [1.807, 2.05) is 24.3 Å². The molecule has 0 fully saturated rings. The second-order valence-corrected chi connectivity index (χ2v) is 8.09. The lowest BCUT2D eigenvalue weighted by molar-refractivity contribution is 0.436. The summed E-state index contributed by atoms with van der Waals surface area (Å²) in [6.45, 7) is 4.36. The van der Waals surface area contributed by atoms with Gasteiger partial charge in [-0.05, 0) is 48.8 Å². The van der Waals surface area contributed by atoms with Crippen LogP contribution < -0.4 is 0 Å². The molecule has 1 atom stereocenters. The van der Waals surface area contributed by atoms with Gasteiger partial charge in [-0.1, -0.05) is 56.2 Å². The summed E-state index contributed by atoms with van der Waals surface area (Å²) in [6.07, 6.45) is 7.57. The molecule has 0 radical (unpaired) electrons. The van der Waals surface area contributed by atoms with Crippen LogP contribution in [0.2, 0.25) is 5.02 Å². The summed E-state index contributed by atoms with van der Waals surface area (Å²) in [4.78, 5) is 0. The summed E-state index contributed by atoms with van der Waals surface area (Å²) in [5.41, 5.74) is 1.11. The largest absolute Gasteiger partial charge is 0.286 e. The molecule has 22 heavy (non-hydrogen) atoms. The van der Waals surface area contributed by atoms with Crippen LogP contribution in [0.1, 0.15) is 45.1 Å². The molecule has 0 bridgehead atoms. The lowest BCUT2D eigenvalue weighted by atomic mass is 9.91. The van der Waals surface area contributed by atoms with E-state index in [1.165, 1.54) is 0 Å². The van der Waals surface area contributed by atoms with Gasteiger partial charge in [0.15, 0.2) is 0 Å². The van der Waals surface area contributed by atoms with Crippen molar-refractivity contribution in [3.63, 3.8) is 0 Å². The normalized spacial score (nSPS) is 13.9. The number of rotatable bonds is 9. The zero-order chi connectivity index (χ0) is 16.6. The van der Waals surface area contributed by atoms with E-state index >= 15 is 0 Å². The molecule has 0 heterocycles. The van der Waals surface area contributed by atoms with Crippen LogP contribution in [0.3, 0.4) is 0 Å². The van der Waals surface area contributed by atoms with E-state index in [-0.39, 0.29) is 5.75 Å². The minimum absolute atomic E-state index is 0.150. The number of hydrogen-bond donors (Lipinski definition) is 1. The Bertz CT molecular complexity index is 562. The molecule has 0 spiro atoms. The van der Waals surface area contributed by atoms with Gasteiger partial charge in [0.25, 0.3) is 10.1 Å². The van der Waals surface area contributed by atoms with Gasteiger partial charge >= 0.3 is 0 Å². The van der Waals surface area contributed by atoms with Gasteiger partial charge in [0, 0.05) is 5.02 Å². The number of unbranched alkanes of at least 4 members (excludes halogenated alkanes) is 1. The molecule has 1 N–H and O–H groups in total. The Balaban J connectivity index is 2.54. The van der Waals surface area contributed by atoms with E-state index < -0.39 is 10.1 Å². The predicted molar refractivity (Wildman–Crippen MR) is 93.7 cm³/mol. The monoisotopic (exact) mass is 344 g/mol. The van der Waals surface area contributed by atoms with Crippen molar-refractivity contribution in [2.24, 2.45) is 11.8 Å². The Labute approximate surface area is 139 Å². The maximum Gasteiger partial charge on any atom is 0.264 e. The highest BCUT2D eigenvalue weighted by atomic mass is 35.5. The highest BCUT2D eigenvalue weighted by molar-refractivity contribution is 7.85. The van der Waals surface area contributed by atoms with Gasteiger partial charge in [0.1, 0.15) is 0 Å². The topological polar surface area (TPSA) is 54.4 Å². The van der Waals surface area contributed by atoms with Crippen molar-refractivity contribution in [3.8, 4) is 0 Å². The molecule has 0 aromatic heterocycles. The van der Waals surface area contributed by atoms with Crippen LogP contribution in [0.15, 0.2) is 30.3 Å². The third-order valence-corrected chi connectivity index (χ3v) is 4.49. The Morgan fingerprint density at radius 1 is 1.18 bits per heavy atom. The van der Waals surface area contributed by atoms with Crippen molar-refractivity contribution in [1.29, 1.82) is 0 Å². The highest BCUT2D eigenvalue weighted by Gasteiger charge is 2.09. The smallest absolute Gasteiger partial charge is 0.264 e. The quantitative estimate of drug-likeness (QED) is 0.502. The molecule has 0 aliphatic heterocycles. The summed E-state index contributed by atoms with van der Waals surface area (Å²) in [6, 6.07) is 7.68. The summed E-state index contributed by atoms with van der Waals surface area (Å²) >= 11 is 5.87. The number of hydrogen-bond acceptors (Lipinski definition) is 2. The van der Waals surface area contributed by atoms with E-state index in [1.54, 1.807) is 0 Å². The second-order valence-electron chi connectivity index (χ2n) is 6.08. The maximum atomic E-state index is 10.7. The zero-order valence-corrected chi connectivity index (χ0v) is 14.8. The maximum absolute atomic E-state index is 10.7. The standard InChI is InChI=1S/C17H25ClO3S/c1-14(2)13-16(5-3-4-12-22(19,20)21)7-6-15-8-10-17(18)11-9-15/h6-11,14,16H,3-5,12-13H2,1-2H3,(H,19,20,21)/b7-6+/t16-/m0/s1. The SMILES string of the molecule is CC(C)C[C@H](/C=C/c1ccc(Cl)cc1)CCCCS(=O)(=O)O. The van der Waals surface area contributed by atoms with Crippen LogP contribution in [0.25, 0.3) is 6.08 Å². The van der Waals surface area contributed by atoms with Gasteiger partial charge < -0.3 is 0 Å². The third kappa shape index (κ3) is 9.23. The molecular formula is C17H25ClO3S. The lowest BCUT2D eigenvalue weighted by Gasteiger charge is -2.15. The van der Waals surface area contributed by atoms with Gasteiger partial charge in [-0.3, -0.25) is 4.55 Å². The minimum atomic E-state index is -3.83. The number of benzene rings is 1. The summed E-state index contributed by atoms with van der Waals surface area (Å²) in [5, 5.41) is 0.723. The molecule has 1 aromatic carbocycles. The van der Waals surface area contributed by atoms with Crippen molar-refractivity contribution < 1.29 is 13.0 Å². The van der Waals surface area contributed by atoms with Crippen molar-refractivity contribution in [2.45, 2.75) is 39.5 Å². The Hall–Kier alpha value is -0.840. The molecule has 1 rings (SSSR count). The molecule has 0 aliphatic carbocycles. The van der Waals surface area contributed by atoms with Gasteiger partial charge in [0.05, 0.1) is 5.75 Å². The first-order chi connectivity index (χ1) is 10.3. The zero-order valence-electron chi connectivity index (χ0n) is 13.2. The Kier molecular flexibility index (Phi) is 8.15. The minimum Gasteiger partial charge on any atom is -0.286 e. The van der Waals surface area contributed by atoms with Crippen LogP contribution in [0.5, 0.6) is 0 Å². The van der Waals surface area contributed by atoms with Crippen LogP contribution in [0.4, 0.5) is 0 Å². The average molecular weight is 345 g/mol. The van der Waals surface area contributed by atoms with Crippen LogP contribution in [0, 0.1) is 11.8 Å². The first kappa shape index (κ1) is 19.2. The lowest BCUT2D eigenvalue weighted by Crippen LogP contribution is -2.06. The van der Waals surface area contributed by atoms with Gasteiger partial charge in [-0.25, -0.2) is 0 Å². The van der Waals surface area contributed by atoms with E-state index in [0.29, 0.717) is 18.3 Å². The van der Waals surface area contributed by atoms with Gasteiger partial charge in [0.2, 0.25) is 0 Å². The fourth-order valence-electron chi connectivity index (χ4n) is 2.41. The molecule has 124 valence electrons. The summed E-state index contributed by atoms with van der Waals surface area (Å²) in [7, 11) is -3.83. The van der Waals surface area contributed by atoms with E-state index in [9.17, 15) is 8.42 Å². The Morgan fingerprint density at radius 2 is 1.82 bits per heavy atom. The summed E-state index contributed by atoms with van der Waals surface area (Å²) < 4.78 is 30.2. The molecule has 0 unspecified atom stereocenters. The molecule has 0 saturated carbocycles. The molecule has 0 amide bonds. The van der Waals surface area contributed by atoms with E-state index in [2.05, 4.69) is 26.0 Å². The van der Waals surface area contributed by atoms with Crippen LogP contribution in [-0.4, -0.2) is 18.7 Å². The first-order valence-electron chi connectivity index (χ1n) is 7.65. The summed E-state index contributed by atoms with van der Waals surface area (Å²) in [5.74, 6) is 0.848. The Morgan fingerprint density at radius 3 is 2.36 bits per heavy atom. The predicted octanol–water partition coefficient (Wildman–Crippen LogP) is 5.07. The fourth-order valence-corrected chi connectivity index (χ4v) is 3.11. The average Bonchev–Trinajstić information content (AvgIpc) is 2.40. The molecule has 3 nitrogen and oxygen atoms in total. The number of halogens is 1. The van der Waals surface area contributed by atoms with Crippen LogP contribution >= 0.6 is 11.6 Å². The molecular weight excluding hydrogens is 320 g/mol. The third-order valence-electron chi connectivity index (χ3n) is 3.43. The molecule has 1 aromatic rings. The van der Waals surface area contributed by atoms with Crippen molar-refractivity contribution in [2.75, 3.05) is 5.75 Å². The van der Waals surface area contributed by atoms with E-state index in [0.717, 1.165) is 29.8 Å². The molecule has 5 heteroatoms. The molecule has 0 saturated heterocycles. The van der Waals surface area contributed by atoms with Crippen molar-refractivity contribution >= 4 is 27.8 Å². The van der Waals surface area contributed by atoms with Crippen molar-refractivity contribution in [1.82, 2.24) is 0 Å². The van der Waals surface area contributed by atoms with E-state index in [4.69, 9.17) is 16.2 Å². The number of allylic oxidation sites excluding steroid dienone is 1. The van der Waals surface area contributed by atoms with Crippen LogP contribution in [-0.2, 0) is 10.1 Å². The van der Waals surface area contributed by atoms with Crippen molar-refractivity contribution in [3.05, 3.63) is 40.9 Å². The fraction of sp³-hybridized carbons (Fsp3) is 0.529. The van der Waals surface area contributed by atoms with Gasteiger partial charge in [-0.15, -0.1) is 0 Å². The van der Waals surface area contributed by atoms with Gasteiger partial charge in [-0.2, -0.15) is 8.42 Å².